The van der Waals surface area contributed by atoms with Crippen LogP contribution >= 0.6 is 0 Å². The second kappa shape index (κ2) is 5.64. The standard InChI is InChI=1S/C17H26N2/c1-14(2)11-19-12-16-9-6-10-18(16)13-17(19)15-7-4-3-5-8-15/h3-5,7-8,14,16-17H,6,9-13H2,1-2H3. The molecule has 0 amide bonds. The predicted molar refractivity (Wildman–Crippen MR) is 80.2 cm³/mol. The number of hydrogen-bond acceptors (Lipinski definition) is 2. The molecule has 1 aromatic rings. The van der Waals surface area contributed by atoms with Crippen molar-refractivity contribution < 1.29 is 0 Å². The molecule has 0 aliphatic carbocycles. The van der Waals surface area contributed by atoms with E-state index in [9.17, 15) is 0 Å². The molecule has 1 aromatic carbocycles. The molecule has 19 heavy (non-hydrogen) atoms. The van der Waals surface area contributed by atoms with Crippen LogP contribution in [-0.4, -0.2) is 42.0 Å². The van der Waals surface area contributed by atoms with Crippen molar-refractivity contribution >= 4 is 0 Å². The first kappa shape index (κ1) is 13.1. The third kappa shape index (κ3) is 2.85. The van der Waals surface area contributed by atoms with E-state index in [1.807, 2.05) is 0 Å². The fourth-order valence-corrected chi connectivity index (χ4v) is 3.74. The van der Waals surface area contributed by atoms with Gasteiger partial charge in [-0.3, -0.25) is 9.80 Å². The Hall–Kier alpha value is -0.860. The first-order chi connectivity index (χ1) is 9.24. The van der Waals surface area contributed by atoms with Gasteiger partial charge in [0.05, 0.1) is 0 Å². The predicted octanol–water partition coefficient (Wildman–Crippen LogP) is 3.16. The molecule has 2 nitrogen and oxygen atoms in total. The lowest BCUT2D eigenvalue weighted by Gasteiger charge is -2.44. The van der Waals surface area contributed by atoms with Gasteiger partial charge < -0.3 is 0 Å². The van der Waals surface area contributed by atoms with E-state index in [0.29, 0.717) is 6.04 Å². The van der Waals surface area contributed by atoms with Gasteiger partial charge in [0.15, 0.2) is 0 Å². The summed E-state index contributed by atoms with van der Waals surface area (Å²) in [4.78, 5) is 5.45. The summed E-state index contributed by atoms with van der Waals surface area (Å²) in [6.45, 7) is 9.69. The highest BCUT2D eigenvalue weighted by atomic mass is 15.3. The molecule has 2 fully saturated rings. The Bertz CT molecular complexity index is 401. The van der Waals surface area contributed by atoms with Crippen LogP contribution in [-0.2, 0) is 0 Å². The highest BCUT2D eigenvalue weighted by molar-refractivity contribution is 5.20. The first-order valence-corrected chi connectivity index (χ1v) is 7.77. The third-order valence-corrected chi connectivity index (χ3v) is 4.58. The molecule has 2 aliphatic heterocycles. The van der Waals surface area contributed by atoms with E-state index in [2.05, 4.69) is 54.0 Å². The van der Waals surface area contributed by atoms with E-state index in [-0.39, 0.29) is 0 Å². The van der Waals surface area contributed by atoms with Crippen LogP contribution in [0.2, 0.25) is 0 Å². The summed E-state index contributed by atoms with van der Waals surface area (Å²) in [5.74, 6) is 0.749. The van der Waals surface area contributed by atoms with Crippen molar-refractivity contribution in [1.29, 1.82) is 0 Å². The van der Waals surface area contributed by atoms with Crippen LogP contribution in [0.4, 0.5) is 0 Å². The van der Waals surface area contributed by atoms with Gasteiger partial charge in [-0.25, -0.2) is 0 Å². The van der Waals surface area contributed by atoms with E-state index in [1.165, 1.54) is 44.6 Å². The van der Waals surface area contributed by atoms with Crippen molar-refractivity contribution in [2.24, 2.45) is 5.92 Å². The van der Waals surface area contributed by atoms with Crippen LogP contribution in [0.3, 0.4) is 0 Å². The minimum absolute atomic E-state index is 0.595. The normalized spacial score (nSPS) is 28.8. The molecular formula is C17H26N2. The monoisotopic (exact) mass is 258 g/mol. The number of rotatable bonds is 3. The molecule has 2 unspecified atom stereocenters. The average molecular weight is 258 g/mol. The minimum Gasteiger partial charge on any atom is -0.297 e. The number of benzene rings is 1. The van der Waals surface area contributed by atoms with Gasteiger partial charge in [-0.15, -0.1) is 0 Å². The number of fused-ring (bicyclic) bond motifs is 1. The van der Waals surface area contributed by atoms with E-state index in [0.717, 1.165) is 12.0 Å². The average Bonchev–Trinajstić information content (AvgIpc) is 2.85. The summed E-state index contributed by atoms with van der Waals surface area (Å²) in [6, 6.07) is 12.5. The molecule has 2 atom stereocenters. The quantitative estimate of drug-likeness (QED) is 0.821. The van der Waals surface area contributed by atoms with Crippen LogP contribution in [0.25, 0.3) is 0 Å². The molecule has 0 radical (unpaired) electrons. The second-order valence-corrected chi connectivity index (χ2v) is 6.57. The van der Waals surface area contributed by atoms with Gasteiger partial charge in [-0.05, 0) is 30.9 Å². The summed E-state index contributed by atoms with van der Waals surface area (Å²) in [5, 5.41) is 0. The molecular weight excluding hydrogens is 232 g/mol. The van der Waals surface area contributed by atoms with Gasteiger partial charge in [0.25, 0.3) is 0 Å². The van der Waals surface area contributed by atoms with E-state index >= 15 is 0 Å². The Kier molecular flexibility index (Phi) is 3.90. The number of piperazine rings is 1. The van der Waals surface area contributed by atoms with Gasteiger partial charge in [0, 0.05) is 31.7 Å². The number of hydrogen-bond donors (Lipinski definition) is 0. The molecule has 104 valence electrons. The third-order valence-electron chi connectivity index (χ3n) is 4.58. The molecule has 0 N–H and O–H groups in total. The molecule has 0 bridgehead atoms. The van der Waals surface area contributed by atoms with E-state index in [4.69, 9.17) is 0 Å². The van der Waals surface area contributed by atoms with E-state index in [1.54, 1.807) is 0 Å². The first-order valence-electron chi connectivity index (χ1n) is 7.77. The Morgan fingerprint density at radius 3 is 2.68 bits per heavy atom. The summed E-state index contributed by atoms with van der Waals surface area (Å²) in [7, 11) is 0. The molecule has 2 heteroatoms. The summed E-state index contributed by atoms with van der Waals surface area (Å²) >= 11 is 0. The van der Waals surface area contributed by atoms with Crippen molar-refractivity contribution in [2.75, 3.05) is 26.2 Å². The summed E-state index contributed by atoms with van der Waals surface area (Å²) < 4.78 is 0. The maximum absolute atomic E-state index is 2.73. The fourth-order valence-electron chi connectivity index (χ4n) is 3.74. The second-order valence-electron chi connectivity index (χ2n) is 6.57. The Morgan fingerprint density at radius 2 is 1.95 bits per heavy atom. The highest BCUT2D eigenvalue weighted by Crippen LogP contribution is 2.32. The Morgan fingerprint density at radius 1 is 1.16 bits per heavy atom. The number of nitrogens with zero attached hydrogens (tertiary/aromatic N) is 2. The van der Waals surface area contributed by atoms with Crippen molar-refractivity contribution in [3.8, 4) is 0 Å². The smallest absolute Gasteiger partial charge is 0.0476 e. The molecule has 0 saturated carbocycles. The Labute approximate surface area is 117 Å². The topological polar surface area (TPSA) is 6.48 Å². The van der Waals surface area contributed by atoms with Crippen molar-refractivity contribution in [1.82, 2.24) is 9.80 Å². The zero-order chi connectivity index (χ0) is 13.2. The van der Waals surface area contributed by atoms with Gasteiger partial charge in [0.2, 0.25) is 0 Å². The molecule has 3 rings (SSSR count). The summed E-state index contributed by atoms with van der Waals surface area (Å²) in [6.07, 6.45) is 2.79. The molecule has 0 spiro atoms. The SMILES string of the molecule is CC(C)CN1CC2CCCN2CC1c1ccccc1. The molecule has 2 saturated heterocycles. The van der Waals surface area contributed by atoms with Crippen LogP contribution < -0.4 is 0 Å². The maximum atomic E-state index is 2.73. The lowest BCUT2D eigenvalue weighted by atomic mass is 9.98. The van der Waals surface area contributed by atoms with Gasteiger partial charge in [-0.2, -0.15) is 0 Å². The lowest BCUT2D eigenvalue weighted by Crippen LogP contribution is -2.52. The van der Waals surface area contributed by atoms with Crippen LogP contribution in [0.15, 0.2) is 30.3 Å². The van der Waals surface area contributed by atoms with Crippen LogP contribution in [0, 0.1) is 5.92 Å². The van der Waals surface area contributed by atoms with Gasteiger partial charge in [0.1, 0.15) is 0 Å². The zero-order valence-electron chi connectivity index (χ0n) is 12.3. The highest BCUT2D eigenvalue weighted by Gasteiger charge is 2.36. The maximum Gasteiger partial charge on any atom is 0.0476 e. The van der Waals surface area contributed by atoms with Gasteiger partial charge in [-0.1, -0.05) is 44.2 Å². The van der Waals surface area contributed by atoms with Crippen LogP contribution in [0.1, 0.15) is 38.3 Å². The van der Waals surface area contributed by atoms with Crippen molar-refractivity contribution in [3.05, 3.63) is 35.9 Å². The molecule has 2 aliphatic rings. The van der Waals surface area contributed by atoms with E-state index < -0.39 is 0 Å². The van der Waals surface area contributed by atoms with Crippen molar-refractivity contribution in [2.45, 2.75) is 38.8 Å². The fraction of sp³-hybridized carbons (Fsp3) is 0.647. The molecule has 2 heterocycles. The van der Waals surface area contributed by atoms with Crippen LogP contribution in [0.5, 0.6) is 0 Å². The van der Waals surface area contributed by atoms with Gasteiger partial charge >= 0.3 is 0 Å². The minimum atomic E-state index is 0.595. The largest absolute Gasteiger partial charge is 0.297 e. The Balaban J connectivity index is 1.81. The zero-order valence-corrected chi connectivity index (χ0v) is 12.3. The summed E-state index contributed by atoms with van der Waals surface area (Å²) in [5.41, 5.74) is 1.49. The molecule has 0 aromatic heterocycles. The van der Waals surface area contributed by atoms with Crippen molar-refractivity contribution in [3.63, 3.8) is 0 Å². The lowest BCUT2D eigenvalue weighted by molar-refractivity contribution is 0.0425.